The molecule has 0 saturated heterocycles. The van der Waals surface area contributed by atoms with Crippen molar-refractivity contribution in [2.75, 3.05) is 0 Å². The first-order valence-electron chi connectivity index (χ1n) is 12.2. The van der Waals surface area contributed by atoms with Crippen molar-refractivity contribution in [3.05, 3.63) is 47.6 Å². The minimum absolute atomic E-state index is 0.164. The highest BCUT2D eigenvalue weighted by Crippen LogP contribution is 2.59. The maximum Gasteiger partial charge on any atom is 0.0651 e. The van der Waals surface area contributed by atoms with Crippen LogP contribution < -0.4 is 0 Å². The summed E-state index contributed by atoms with van der Waals surface area (Å²) in [5.41, 5.74) is 3.78. The monoisotopic (exact) mass is 412 g/mol. The molecule has 0 radical (unpaired) electrons. The van der Waals surface area contributed by atoms with Gasteiger partial charge in [0.25, 0.3) is 0 Å². The fraction of sp³-hybridized carbons (Fsp3) is 0.714. The molecule has 3 rings (SSSR count). The summed E-state index contributed by atoms with van der Waals surface area (Å²) in [5.74, 6) is 2.08. The van der Waals surface area contributed by atoms with Crippen molar-refractivity contribution in [3.63, 3.8) is 0 Å². The number of hydrogen-bond donors (Lipinski definition) is 2. The van der Waals surface area contributed by atoms with E-state index in [2.05, 4.69) is 51.7 Å². The number of aliphatic hydroxyl groups excluding tert-OH is 1. The Bertz CT molecular complexity index is 719. The summed E-state index contributed by atoms with van der Waals surface area (Å²) in [4.78, 5) is 0. The van der Waals surface area contributed by atoms with Crippen molar-refractivity contribution in [2.24, 2.45) is 29.1 Å². The molecule has 0 bridgehead atoms. The molecule has 0 aromatic carbocycles. The molecule has 3 fully saturated rings. The first-order chi connectivity index (χ1) is 14.0. The summed E-state index contributed by atoms with van der Waals surface area (Å²) in [6.45, 7) is 15.0. The normalized spacial score (nSPS) is 37.7. The van der Waals surface area contributed by atoms with Crippen LogP contribution in [0.4, 0.5) is 0 Å². The van der Waals surface area contributed by atoms with Crippen LogP contribution >= 0.6 is 0 Å². The predicted octanol–water partition coefficient (Wildman–Crippen LogP) is 6.76. The van der Waals surface area contributed by atoms with E-state index in [1.165, 1.54) is 43.3 Å². The third-order valence-electron chi connectivity index (χ3n) is 8.68. The fourth-order valence-corrected chi connectivity index (χ4v) is 6.25. The Hall–Kier alpha value is -1.12. The van der Waals surface area contributed by atoms with E-state index in [1.807, 2.05) is 13.8 Å². The van der Waals surface area contributed by atoms with Gasteiger partial charge in [0.15, 0.2) is 0 Å². The van der Waals surface area contributed by atoms with Crippen molar-refractivity contribution < 1.29 is 10.2 Å². The SMILES string of the molecule is C=C1CCC(O)CC1=CC=C1CCC[C@]2(C)C(C(C)C=CC(C)C(C)(C)O)CC[C@@H]12. The van der Waals surface area contributed by atoms with Gasteiger partial charge in [-0.15, -0.1) is 0 Å². The van der Waals surface area contributed by atoms with Gasteiger partial charge in [0.05, 0.1) is 11.7 Å². The lowest BCUT2D eigenvalue weighted by Crippen LogP contribution is -2.35. The number of hydrogen-bond acceptors (Lipinski definition) is 2. The molecule has 2 nitrogen and oxygen atoms in total. The van der Waals surface area contributed by atoms with Crippen LogP contribution in [0.2, 0.25) is 0 Å². The van der Waals surface area contributed by atoms with E-state index in [9.17, 15) is 10.2 Å². The first kappa shape index (κ1) is 23.5. The Kier molecular flexibility index (Phi) is 7.19. The van der Waals surface area contributed by atoms with Crippen LogP contribution in [-0.4, -0.2) is 21.9 Å². The summed E-state index contributed by atoms with van der Waals surface area (Å²) in [6, 6.07) is 0. The second-order valence-corrected chi connectivity index (χ2v) is 11.2. The van der Waals surface area contributed by atoms with Crippen LogP contribution in [0.1, 0.15) is 86.0 Å². The van der Waals surface area contributed by atoms with Gasteiger partial charge in [0.2, 0.25) is 0 Å². The van der Waals surface area contributed by atoms with E-state index in [0.29, 0.717) is 23.2 Å². The largest absolute Gasteiger partial charge is 0.393 e. The highest BCUT2D eigenvalue weighted by molar-refractivity contribution is 5.36. The summed E-state index contributed by atoms with van der Waals surface area (Å²) in [7, 11) is 0. The molecule has 0 amide bonds. The Labute approximate surface area is 184 Å². The van der Waals surface area contributed by atoms with Gasteiger partial charge in [-0.1, -0.05) is 62.8 Å². The van der Waals surface area contributed by atoms with E-state index >= 15 is 0 Å². The van der Waals surface area contributed by atoms with E-state index in [0.717, 1.165) is 19.3 Å². The standard InChI is InChI=1S/C28H44O2/c1-19-10-14-24(29)18-23(19)13-12-22-8-7-17-28(6)25(15-16-26(22)28)20(2)9-11-21(3)27(4,5)30/h9,11-13,20-21,24-26,29-30H,1,7-8,10,14-18H2,2-6H3/t20?,21?,24?,25?,26-,28+/m0/s1. The maximum absolute atomic E-state index is 10.3. The average Bonchev–Trinajstić information content (AvgIpc) is 3.03. The van der Waals surface area contributed by atoms with Crippen LogP contribution in [-0.2, 0) is 0 Å². The van der Waals surface area contributed by atoms with E-state index < -0.39 is 5.60 Å². The molecular formula is C28H44O2. The van der Waals surface area contributed by atoms with Crippen LogP contribution in [0.3, 0.4) is 0 Å². The molecule has 3 saturated carbocycles. The van der Waals surface area contributed by atoms with Crippen LogP contribution in [0.15, 0.2) is 47.6 Å². The molecule has 4 unspecified atom stereocenters. The lowest BCUT2D eigenvalue weighted by atomic mass is 9.61. The van der Waals surface area contributed by atoms with Crippen LogP contribution in [0.5, 0.6) is 0 Å². The van der Waals surface area contributed by atoms with Gasteiger partial charge in [-0.25, -0.2) is 0 Å². The molecule has 3 aliphatic carbocycles. The molecule has 2 heteroatoms. The van der Waals surface area contributed by atoms with Crippen molar-refractivity contribution in [1.29, 1.82) is 0 Å². The van der Waals surface area contributed by atoms with Gasteiger partial charge in [-0.3, -0.25) is 0 Å². The molecule has 0 heterocycles. The number of aliphatic hydroxyl groups is 2. The fourth-order valence-electron chi connectivity index (χ4n) is 6.25. The summed E-state index contributed by atoms with van der Waals surface area (Å²) < 4.78 is 0. The number of fused-ring (bicyclic) bond motifs is 1. The average molecular weight is 413 g/mol. The Morgan fingerprint density at radius 1 is 1.10 bits per heavy atom. The Morgan fingerprint density at radius 2 is 1.83 bits per heavy atom. The highest BCUT2D eigenvalue weighted by atomic mass is 16.3. The Morgan fingerprint density at radius 3 is 2.53 bits per heavy atom. The molecule has 6 atom stereocenters. The minimum atomic E-state index is -0.663. The lowest BCUT2D eigenvalue weighted by Gasteiger charge is -2.44. The summed E-state index contributed by atoms with van der Waals surface area (Å²) in [6.07, 6.45) is 18.0. The maximum atomic E-state index is 10.3. The number of allylic oxidation sites excluding steroid dienone is 5. The molecule has 2 N–H and O–H groups in total. The van der Waals surface area contributed by atoms with Gasteiger partial charge in [-0.2, -0.15) is 0 Å². The summed E-state index contributed by atoms with van der Waals surface area (Å²) in [5, 5.41) is 20.3. The van der Waals surface area contributed by atoms with Crippen molar-refractivity contribution in [1.82, 2.24) is 0 Å². The van der Waals surface area contributed by atoms with E-state index in [-0.39, 0.29) is 12.0 Å². The second-order valence-electron chi connectivity index (χ2n) is 11.2. The molecule has 0 aromatic heterocycles. The molecule has 0 aromatic rings. The van der Waals surface area contributed by atoms with E-state index in [4.69, 9.17) is 0 Å². The van der Waals surface area contributed by atoms with Gasteiger partial charge in [0.1, 0.15) is 0 Å². The van der Waals surface area contributed by atoms with Gasteiger partial charge >= 0.3 is 0 Å². The highest BCUT2D eigenvalue weighted by Gasteiger charge is 2.50. The molecule has 3 aliphatic rings. The second kappa shape index (κ2) is 9.17. The minimum Gasteiger partial charge on any atom is -0.393 e. The third kappa shape index (κ3) is 5.02. The number of rotatable bonds is 5. The van der Waals surface area contributed by atoms with Crippen molar-refractivity contribution >= 4 is 0 Å². The molecule has 0 spiro atoms. The van der Waals surface area contributed by atoms with Crippen LogP contribution in [0, 0.1) is 29.1 Å². The topological polar surface area (TPSA) is 40.5 Å². The smallest absolute Gasteiger partial charge is 0.0651 e. The zero-order valence-corrected chi connectivity index (χ0v) is 20.0. The quantitative estimate of drug-likeness (QED) is 0.490. The predicted molar refractivity (Wildman–Crippen MR) is 127 cm³/mol. The third-order valence-corrected chi connectivity index (χ3v) is 8.68. The Balaban J connectivity index is 1.75. The van der Waals surface area contributed by atoms with Gasteiger partial charge < -0.3 is 10.2 Å². The zero-order chi connectivity index (χ0) is 22.1. The molecule has 30 heavy (non-hydrogen) atoms. The van der Waals surface area contributed by atoms with Crippen LogP contribution in [0.25, 0.3) is 0 Å². The first-order valence-corrected chi connectivity index (χ1v) is 12.2. The van der Waals surface area contributed by atoms with Gasteiger partial charge in [0, 0.05) is 5.92 Å². The summed E-state index contributed by atoms with van der Waals surface area (Å²) >= 11 is 0. The molecule has 168 valence electrons. The lowest BCUT2D eigenvalue weighted by molar-refractivity contribution is 0.0436. The molecule has 0 aliphatic heterocycles. The zero-order valence-electron chi connectivity index (χ0n) is 20.0. The van der Waals surface area contributed by atoms with E-state index in [1.54, 1.807) is 5.57 Å². The van der Waals surface area contributed by atoms with Crippen molar-refractivity contribution in [3.8, 4) is 0 Å². The van der Waals surface area contributed by atoms with Crippen molar-refractivity contribution in [2.45, 2.75) is 97.7 Å². The molecular weight excluding hydrogens is 368 g/mol. The van der Waals surface area contributed by atoms with Gasteiger partial charge in [-0.05, 0) is 94.0 Å².